The van der Waals surface area contributed by atoms with Gasteiger partial charge in [-0.25, -0.2) is 4.98 Å². The number of methoxy groups -OCH3 is 2. The summed E-state index contributed by atoms with van der Waals surface area (Å²) in [4.78, 5) is 18.3. The van der Waals surface area contributed by atoms with Crippen LogP contribution in [-0.4, -0.2) is 62.4 Å². The van der Waals surface area contributed by atoms with E-state index < -0.39 is 0 Å². The summed E-state index contributed by atoms with van der Waals surface area (Å²) in [5, 5.41) is 0. The Kier molecular flexibility index (Phi) is 5.95. The van der Waals surface area contributed by atoms with Crippen molar-refractivity contribution in [3.8, 4) is 5.88 Å². The summed E-state index contributed by atoms with van der Waals surface area (Å²) in [6, 6.07) is 3.45. The molecule has 2 rings (SSSR count). The molecule has 0 unspecified atom stereocenters. The zero-order chi connectivity index (χ0) is 15.1. The van der Waals surface area contributed by atoms with Gasteiger partial charge in [-0.05, 0) is 18.9 Å². The average Bonchev–Trinajstić information content (AvgIpc) is 2.55. The summed E-state index contributed by atoms with van der Waals surface area (Å²) in [7, 11) is 3.21. The zero-order valence-electron chi connectivity index (χ0n) is 12.6. The van der Waals surface area contributed by atoms with Crippen LogP contribution in [0.15, 0.2) is 18.3 Å². The van der Waals surface area contributed by atoms with E-state index in [4.69, 9.17) is 14.2 Å². The quantitative estimate of drug-likeness (QED) is 0.741. The van der Waals surface area contributed by atoms with E-state index in [1.165, 1.54) is 0 Å². The van der Waals surface area contributed by atoms with Crippen molar-refractivity contribution in [3.63, 3.8) is 0 Å². The van der Waals surface area contributed by atoms with Crippen LogP contribution in [0, 0.1) is 0 Å². The third-order valence-corrected chi connectivity index (χ3v) is 3.56. The lowest BCUT2D eigenvalue weighted by Gasteiger charge is -2.32. The minimum Gasteiger partial charge on any atom is -0.481 e. The lowest BCUT2D eigenvalue weighted by Crippen LogP contribution is -2.41. The van der Waals surface area contributed by atoms with Gasteiger partial charge in [0.25, 0.3) is 5.91 Å². The Labute approximate surface area is 125 Å². The normalized spacial score (nSPS) is 16.0. The van der Waals surface area contributed by atoms with Crippen LogP contribution in [0.5, 0.6) is 5.88 Å². The fourth-order valence-electron chi connectivity index (χ4n) is 2.33. The van der Waals surface area contributed by atoms with Gasteiger partial charge >= 0.3 is 0 Å². The van der Waals surface area contributed by atoms with Crippen LogP contribution in [0.2, 0.25) is 0 Å². The Morgan fingerprint density at radius 2 is 2.05 bits per heavy atom. The number of amides is 1. The molecule has 0 saturated carbocycles. The molecule has 116 valence electrons. The molecule has 0 atom stereocenters. The summed E-state index contributed by atoms with van der Waals surface area (Å²) in [5.74, 6) is 0.525. The van der Waals surface area contributed by atoms with Gasteiger partial charge in [0.05, 0.1) is 32.0 Å². The minimum absolute atomic E-state index is 0.0143. The van der Waals surface area contributed by atoms with Crippen molar-refractivity contribution in [2.75, 3.05) is 40.5 Å². The Morgan fingerprint density at radius 1 is 1.29 bits per heavy atom. The Bertz CT molecular complexity index is 441. The van der Waals surface area contributed by atoms with Gasteiger partial charge in [0, 0.05) is 32.5 Å². The number of carbonyl (C=O) groups is 1. The lowest BCUT2D eigenvalue weighted by atomic mass is 10.1. The molecule has 1 aliphatic rings. The SMILES string of the molecule is COCCOC1CCN(C(=O)c2ccc(OC)nc2)CC1. The highest BCUT2D eigenvalue weighted by atomic mass is 16.5. The van der Waals surface area contributed by atoms with Gasteiger partial charge in [-0.3, -0.25) is 4.79 Å². The van der Waals surface area contributed by atoms with Crippen LogP contribution in [-0.2, 0) is 9.47 Å². The molecule has 0 radical (unpaired) electrons. The molecule has 1 fully saturated rings. The van der Waals surface area contributed by atoms with E-state index in [9.17, 15) is 4.79 Å². The molecule has 0 N–H and O–H groups in total. The number of rotatable bonds is 6. The number of ether oxygens (including phenoxy) is 3. The van der Waals surface area contributed by atoms with E-state index in [2.05, 4.69) is 4.98 Å². The lowest BCUT2D eigenvalue weighted by molar-refractivity contribution is -0.0122. The smallest absolute Gasteiger partial charge is 0.255 e. The summed E-state index contributed by atoms with van der Waals surface area (Å²) < 4.78 is 15.7. The molecule has 0 spiro atoms. The number of pyridine rings is 1. The molecule has 1 amide bonds. The van der Waals surface area contributed by atoms with Crippen LogP contribution < -0.4 is 4.74 Å². The number of hydrogen-bond donors (Lipinski definition) is 0. The maximum absolute atomic E-state index is 12.4. The first-order chi connectivity index (χ1) is 10.2. The first kappa shape index (κ1) is 15.7. The van der Waals surface area contributed by atoms with Gasteiger partial charge in [-0.2, -0.15) is 0 Å². The molecule has 1 aromatic rings. The zero-order valence-corrected chi connectivity index (χ0v) is 12.6. The molecule has 2 heterocycles. The fourth-order valence-corrected chi connectivity index (χ4v) is 2.33. The van der Waals surface area contributed by atoms with Crippen LogP contribution in [0.3, 0.4) is 0 Å². The maximum atomic E-state index is 12.4. The Balaban J connectivity index is 1.82. The summed E-state index contributed by atoms with van der Waals surface area (Å²) in [5.41, 5.74) is 0.592. The van der Waals surface area contributed by atoms with Gasteiger partial charge in [0.2, 0.25) is 5.88 Å². The molecule has 6 nitrogen and oxygen atoms in total. The predicted octanol–water partition coefficient (Wildman–Crippen LogP) is 1.36. The highest BCUT2D eigenvalue weighted by Crippen LogP contribution is 2.17. The second-order valence-corrected chi connectivity index (χ2v) is 4.94. The highest BCUT2D eigenvalue weighted by Gasteiger charge is 2.24. The number of hydrogen-bond acceptors (Lipinski definition) is 5. The van der Waals surface area contributed by atoms with Gasteiger partial charge in [-0.1, -0.05) is 0 Å². The van der Waals surface area contributed by atoms with Crippen LogP contribution in [0.25, 0.3) is 0 Å². The van der Waals surface area contributed by atoms with Crippen molar-refractivity contribution in [3.05, 3.63) is 23.9 Å². The standard InChI is InChI=1S/C15H22N2O4/c1-19-9-10-21-13-5-7-17(8-6-13)15(18)12-3-4-14(20-2)16-11-12/h3-4,11,13H,5-10H2,1-2H3. The van der Waals surface area contributed by atoms with Crippen LogP contribution in [0.1, 0.15) is 23.2 Å². The number of aromatic nitrogens is 1. The summed E-state index contributed by atoms with van der Waals surface area (Å²) >= 11 is 0. The molecule has 0 bridgehead atoms. The number of piperidine rings is 1. The Hall–Kier alpha value is -1.66. The predicted molar refractivity (Wildman–Crippen MR) is 77.5 cm³/mol. The van der Waals surface area contributed by atoms with Crippen LogP contribution >= 0.6 is 0 Å². The van der Waals surface area contributed by atoms with Crippen molar-refractivity contribution in [2.24, 2.45) is 0 Å². The largest absolute Gasteiger partial charge is 0.481 e. The third-order valence-electron chi connectivity index (χ3n) is 3.56. The average molecular weight is 294 g/mol. The van der Waals surface area contributed by atoms with Crippen molar-refractivity contribution >= 4 is 5.91 Å². The molecular formula is C15H22N2O4. The van der Waals surface area contributed by atoms with Crippen molar-refractivity contribution < 1.29 is 19.0 Å². The topological polar surface area (TPSA) is 60.9 Å². The molecule has 6 heteroatoms. The first-order valence-electron chi connectivity index (χ1n) is 7.14. The molecule has 1 aliphatic heterocycles. The maximum Gasteiger partial charge on any atom is 0.255 e. The number of likely N-dealkylation sites (tertiary alicyclic amines) is 1. The molecule has 1 aromatic heterocycles. The Morgan fingerprint density at radius 3 is 2.62 bits per heavy atom. The van der Waals surface area contributed by atoms with Crippen LogP contribution in [0.4, 0.5) is 0 Å². The minimum atomic E-state index is 0.0143. The van der Waals surface area contributed by atoms with Crippen molar-refractivity contribution in [1.29, 1.82) is 0 Å². The molecule has 0 aliphatic carbocycles. The van der Waals surface area contributed by atoms with Crippen molar-refractivity contribution in [2.45, 2.75) is 18.9 Å². The summed E-state index contributed by atoms with van der Waals surface area (Å²) in [6.45, 7) is 2.64. The van der Waals surface area contributed by atoms with Crippen molar-refractivity contribution in [1.82, 2.24) is 9.88 Å². The van der Waals surface area contributed by atoms with Gasteiger partial charge < -0.3 is 19.1 Å². The molecular weight excluding hydrogens is 272 g/mol. The van der Waals surface area contributed by atoms with E-state index >= 15 is 0 Å². The molecule has 0 aromatic carbocycles. The summed E-state index contributed by atoms with van der Waals surface area (Å²) in [6.07, 6.45) is 3.50. The number of carbonyl (C=O) groups excluding carboxylic acids is 1. The van der Waals surface area contributed by atoms with E-state index in [1.807, 2.05) is 4.90 Å². The van der Waals surface area contributed by atoms with E-state index in [0.29, 0.717) is 37.7 Å². The van der Waals surface area contributed by atoms with E-state index in [0.717, 1.165) is 12.8 Å². The molecule has 21 heavy (non-hydrogen) atoms. The van der Waals surface area contributed by atoms with E-state index in [1.54, 1.807) is 32.5 Å². The monoisotopic (exact) mass is 294 g/mol. The van der Waals surface area contributed by atoms with Gasteiger partial charge in [-0.15, -0.1) is 0 Å². The fraction of sp³-hybridized carbons (Fsp3) is 0.600. The molecule has 1 saturated heterocycles. The highest BCUT2D eigenvalue weighted by molar-refractivity contribution is 5.94. The van der Waals surface area contributed by atoms with Gasteiger partial charge in [0.15, 0.2) is 0 Å². The first-order valence-corrected chi connectivity index (χ1v) is 7.14. The second kappa shape index (κ2) is 7.95. The number of nitrogens with zero attached hydrogens (tertiary/aromatic N) is 2. The van der Waals surface area contributed by atoms with Gasteiger partial charge in [0.1, 0.15) is 0 Å². The second-order valence-electron chi connectivity index (χ2n) is 4.94. The van der Waals surface area contributed by atoms with E-state index in [-0.39, 0.29) is 12.0 Å². The third kappa shape index (κ3) is 4.41.